The van der Waals surface area contributed by atoms with Gasteiger partial charge in [0, 0.05) is 11.8 Å². The average molecular weight is 246 g/mol. The van der Waals surface area contributed by atoms with Crippen LogP contribution in [0.25, 0.3) is 0 Å². The summed E-state index contributed by atoms with van der Waals surface area (Å²) < 4.78 is 0. The molecule has 0 aliphatic rings. The van der Waals surface area contributed by atoms with Gasteiger partial charge in [-0.1, -0.05) is 13.8 Å². The van der Waals surface area contributed by atoms with E-state index in [2.05, 4.69) is 32.1 Å². The second kappa shape index (κ2) is 10.4. The van der Waals surface area contributed by atoms with E-state index >= 15 is 0 Å². The molecule has 0 bridgehead atoms. The zero-order valence-corrected chi connectivity index (χ0v) is 12.4. The lowest BCUT2D eigenvalue weighted by molar-refractivity contribution is 0.245. The zero-order chi connectivity index (χ0) is 12.4. The van der Waals surface area contributed by atoms with Gasteiger partial charge in [-0.2, -0.15) is 11.8 Å². The van der Waals surface area contributed by atoms with E-state index in [1.807, 2.05) is 11.8 Å². The minimum Gasteiger partial charge on any atom is -0.330 e. The van der Waals surface area contributed by atoms with Crippen molar-refractivity contribution in [1.29, 1.82) is 0 Å². The molecule has 0 aromatic carbocycles. The molecule has 0 fully saturated rings. The average Bonchev–Trinajstić information content (AvgIpc) is 2.26. The third-order valence-electron chi connectivity index (χ3n) is 3.32. The lowest BCUT2D eigenvalue weighted by Crippen LogP contribution is -2.34. The first kappa shape index (κ1) is 16.3. The molecule has 3 heteroatoms. The molecule has 0 rings (SSSR count). The van der Waals surface area contributed by atoms with Gasteiger partial charge in [0.05, 0.1) is 0 Å². The van der Waals surface area contributed by atoms with Crippen LogP contribution >= 0.6 is 11.8 Å². The first-order valence-electron chi connectivity index (χ1n) is 6.54. The lowest BCUT2D eigenvalue weighted by Gasteiger charge is -2.26. The highest BCUT2D eigenvalue weighted by Gasteiger charge is 2.11. The molecule has 0 radical (unpaired) electrons. The van der Waals surface area contributed by atoms with Crippen molar-refractivity contribution >= 4 is 11.8 Å². The molecular formula is C13H30N2S. The summed E-state index contributed by atoms with van der Waals surface area (Å²) >= 11 is 1.95. The van der Waals surface area contributed by atoms with Gasteiger partial charge in [-0.25, -0.2) is 0 Å². The molecule has 2 unspecified atom stereocenters. The summed E-state index contributed by atoms with van der Waals surface area (Å²) in [6, 6.07) is 0.750. The van der Waals surface area contributed by atoms with Crippen LogP contribution in [-0.2, 0) is 0 Å². The SMILES string of the molecule is CCC(CSC)N(C)CCCC(C)CCN. The van der Waals surface area contributed by atoms with Crippen LogP contribution in [0.3, 0.4) is 0 Å². The van der Waals surface area contributed by atoms with Crippen molar-refractivity contribution in [2.75, 3.05) is 32.1 Å². The van der Waals surface area contributed by atoms with Crippen molar-refractivity contribution in [1.82, 2.24) is 4.90 Å². The van der Waals surface area contributed by atoms with E-state index in [9.17, 15) is 0 Å². The third-order valence-corrected chi connectivity index (χ3v) is 4.04. The van der Waals surface area contributed by atoms with Crippen molar-refractivity contribution in [3.05, 3.63) is 0 Å². The second-order valence-corrected chi connectivity index (χ2v) is 5.73. The summed E-state index contributed by atoms with van der Waals surface area (Å²) in [6.45, 7) is 6.66. The van der Waals surface area contributed by atoms with Crippen LogP contribution in [0.15, 0.2) is 0 Å². The van der Waals surface area contributed by atoms with Crippen molar-refractivity contribution in [2.45, 2.75) is 45.6 Å². The summed E-state index contributed by atoms with van der Waals surface area (Å²) in [4.78, 5) is 2.52. The number of thioether (sulfide) groups is 1. The van der Waals surface area contributed by atoms with E-state index in [1.54, 1.807) is 0 Å². The highest BCUT2D eigenvalue weighted by atomic mass is 32.2. The molecule has 0 aliphatic carbocycles. The predicted molar refractivity (Wildman–Crippen MR) is 77.2 cm³/mol. The number of hydrogen-bond donors (Lipinski definition) is 1. The van der Waals surface area contributed by atoms with Gasteiger partial charge < -0.3 is 10.6 Å². The van der Waals surface area contributed by atoms with E-state index in [-0.39, 0.29) is 0 Å². The molecular weight excluding hydrogens is 216 g/mol. The van der Waals surface area contributed by atoms with Gasteiger partial charge in [0.25, 0.3) is 0 Å². The zero-order valence-electron chi connectivity index (χ0n) is 11.5. The number of nitrogens with two attached hydrogens (primary N) is 1. The quantitative estimate of drug-likeness (QED) is 0.643. The largest absolute Gasteiger partial charge is 0.330 e. The normalized spacial score (nSPS) is 15.4. The minimum absolute atomic E-state index is 0.750. The van der Waals surface area contributed by atoms with Crippen LogP contribution in [0.2, 0.25) is 0 Å². The molecule has 0 spiro atoms. The van der Waals surface area contributed by atoms with Gasteiger partial charge in [0.1, 0.15) is 0 Å². The molecule has 0 aliphatic heterocycles. The van der Waals surface area contributed by atoms with E-state index in [0.717, 1.165) is 18.5 Å². The Labute approximate surface area is 106 Å². The minimum atomic E-state index is 0.750. The molecule has 0 saturated heterocycles. The lowest BCUT2D eigenvalue weighted by atomic mass is 10.0. The standard InChI is InChI=1S/C13H30N2S/c1-5-13(11-16-4)15(3)10-6-7-12(2)8-9-14/h12-13H,5-11,14H2,1-4H3. The first-order valence-corrected chi connectivity index (χ1v) is 7.94. The molecule has 2 atom stereocenters. The Morgan fingerprint density at radius 3 is 2.50 bits per heavy atom. The molecule has 0 aromatic rings. The van der Waals surface area contributed by atoms with E-state index in [0.29, 0.717) is 0 Å². The summed E-state index contributed by atoms with van der Waals surface area (Å²) in [6.07, 6.45) is 7.25. The van der Waals surface area contributed by atoms with Gasteiger partial charge >= 0.3 is 0 Å². The Morgan fingerprint density at radius 1 is 1.31 bits per heavy atom. The van der Waals surface area contributed by atoms with Crippen LogP contribution in [-0.4, -0.2) is 43.1 Å². The monoisotopic (exact) mass is 246 g/mol. The van der Waals surface area contributed by atoms with Gasteiger partial charge in [0.2, 0.25) is 0 Å². The smallest absolute Gasteiger partial charge is 0.0180 e. The molecule has 98 valence electrons. The van der Waals surface area contributed by atoms with Crippen LogP contribution in [0.1, 0.15) is 39.5 Å². The number of rotatable bonds is 10. The fraction of sp³-hybridized carbons (Fsp3) is 1.00. The van der Waals surface area contributed by atoms with Crippen molar-refractivity contribution < 1.29 is 0 Å². The second-order valence-electron chi connectivity index (χ2n) is 4.82. The summed E-state index contributed by atoms with van der Waals surface area (Å²) in [7, 11) is 2.26. The summed E-state index contributed by atoms with van der Waals surface area (Å²) in [5.74, 6) is 2.05. The van der Waals surface area contributed by atoms with Crippen LogP contribution < -0.4 is 5.73 Å². The Balaban J connectivity index is 3.65. The van der Waals surface area contributed by atoms with Gasteiger partial charge in [-0.05, 0) is 58.0 Å². The first-order chi connectivity index (χ1) is 7.65. The Morgan fingerprint density at radius 2 is 2.00 bits per heavy atom. The van der Waals surface area contributed by atoms with Crippen LogP contribution in [0, 0.1) is 5.92 Å². The molecule has 0 aromatic heterocycles. The molecule has 0 amide bonds. The van der Waals surface area contributed by atoms with E-state index in [4.69, 9.17) is 5.73 Å². The van der Waals surface area contributed by atoms with Crippen molar-refractivity contribution in [2.24, 2.45) is 11.7 Å². The molecule has 2 N–H and O–H groups in total. The topological polar surface area (TPSA) is 29.3 Å². The Hall–Kier alpha value is 0.270. The van der Waals surface area contributed by atoms with Gasteiger partial charge in [0.15, 0.2) is 0 Å². The van der Waals surface area contributed by atoms with Gasteiger partial charge in [-0.15, -0.1) is 0 Å². The Bertz CT molecular complexity index is 153. The maximum Gasteiger partial charge on any atom is 0.0180 e. The summed E-state index contributed by atoms with van der Waals surface area (Å²) in [5.41, 5.74) is 5.56. The fourth-order valence-electron chi connectivity index (χ4n) is 2.05. The highest BCUT2D eigenvalue weighted by Crippen LogP contribution is 2.12. The maximum atomic E-state index is 5.56. The van der Waals surface area contributed by atoms with Crippen LogP contribution in [0.4, 0.5) is 0 Å². The number of hydrogen-bond acceptors (Lipinski definition) is 3. The fourth-order valence-corrected chi connectivity index (χ4v) is 2.92. The molecule has 0 saturated carbocycles. The molecule has 2 nitrogen and oxygen atoms in total. The molecule has 0 heterocycles. The predicted octanol–water partition coefficient (Wildman–Crippen LogP) is 2.82. The highest BCUT2D eigenvalue weighted by molar-refractivity contribution is 7.98. The van der Waals surface area contributed by atoms with Gasteiger partial charge in [-0.3, -0.25) is 0 Å². The van der Waals surface area contributed by atoms with Crippen molar-refractivity contribution in [3.8, 4) is 0 Å². The summed E-state index contributed by atoms with van der Waals surface area (Å²) in [5, 5.41) is 0. The third kappa shape index (κ3) is 7.53. The Kier molecular flexibility index (Phi) is 10.6. The number of nitrogens with zero attached hydrogens (tertiary/aromatic N) is 1. The van der Waals surface area contributed by atoms with E-state index < -0.39 is 0 Å². The molecule has 16 heavy (non-hydrogen) atoms. The van der Waals surface area contributed by atoms with E-state index in [1.165, 1.54) is 38.0 Å². The maximum absolute atomic E-state index is 5.56. The van der Waals surface area contributed by atoms with Crippen molar-refractivity contribution in [3.63, 3.8) is 0 Å². The van der Waals surface area contributed by atoms with Crippen LogP contribution in [0.5, 0.6) is 0 Å².